The third-order valence-electron chi connectivity index (χ3n) is 10.5. The van der Waals surface area contributed by atoms with Crippen LogP contribution in [-0.4, -0.2) is 22.6 Å². The minimum Gasteiger partial charge on any atom is -0.557 e. The van der Waals surface area contributed by atoms with Crippen LogP contribution < -0.4 is 5.19 Å². The monoisotopic (exact) mass is 961 g/mol. The number of rotatable bonds is 9. The van der Waals surface area contributed by atoms with Crippen LogP contribution in [0.1, 0.15) is 79.7 Å². The van der Waals surface area contributed by atoms with Crippen LogP contribution in [0.3, 0.4) is 0 Å². The summed E-state index contributed by atoms with van der Waals surface area (Å²) in [7, 11) is -1.34. The number of imidazole rings is 1. The Morgan fingerprint density at radius 2 is 1.47 bits per heavy atom. The summed E-state index contributed by atoms with van der Waals surface area (Å²) in [4.78, 5) is 9.77. The van der Waals surface area contributed by atoms with Crippen molar-refractivity contribution in [2.75, 3.05) is 0 Å². The van der Waals surface area contributed by atoms with E-state index >= 15 is 0 Å². The third kappa shape index (κ3) is 9.05. The van der Waals surface area contributed by atoms with Crippen molar-refractivity contribution in [1.29, 1.82) is 0 Å². The Bertz CT molecular complexity index is 2720. The van der Waals surface area contributed by atoms with Crippen molar-refractivity contribution < 1.29 is 28.6 Å². The first-order valence-electron chi connectivity index (χ1n) is 21.6. The molecule has 8 rings (SSSR count). The van der Waals surface area contributed by atoms with Gasteiger partial charge in [-0.25, -0.2) is 0 Å². The Balaban J connectivity index is 0.000000250. The zero-order chi connectivity index (χ0) is 42.9. The van der Waals surface area contributed by atoms with Crippen molar-refractivity contribution in [1.82, 2.24) is 14.5 Å². The van der Waals surface area contributed by atoms with Crippen molar-refractivity contribution in [3.05, 3.63) is 156 Å². The normalized spacial score (nSPS) is 12.7. The minimum atomic E-state index is -2.23. The maximum atomic E-state index is 7.95. The molecular formula is C52H55IrN3OSi-2. The number of aryl methyl sites for hydroxylation is 1. The molecule has 5 aromatic carbocycles. The van der Waals surface area contributed by atoms with E-state index in [1.807, 2.05) is 42.5 Å². The van der Waals surface area contributed by atoms with Gasteiger partial charge in [-0.15, -0.1) is 35.9 Å². The van der Waals surface area contributed by atoms with Crippen LogP contribution in [0, 0.1) is 25.1 Å². The minimum absolute atomic E-state index is 0. The van der Waals surface area contributed by atoms with Crippen LogP contribution in [0.25, 0.3) is 61.5 Å². The second-order valence-corrected chi connectivity index (χ2v) is 22.1. The van der Waals surface area contributed by atoms with Crippen molar-refractivity contribution in [2.45, 2.75) is 86.3 Å². The molecule has 0 atom stereocenters. The molecule has 0 aliphatic heterocycles. The van der Waals surface area contributed by atoms with Gasteiger partial charge in [0, 0.05) is 47.9 Å². The largest absolute Gasteiger partial charge is 0.557 e. The van der Waals surface area contributed by atoms with Crippen LogP contribution in [-0.2, 0) is 26.5 Å². The summed E-state index contributed by atoms with van der Waals surface area (Å²) in [5.41, 5.74) is 12.8. The fourth-order valence-corrected chi connectivity index (χ4v) is 9.25. The molecule has 0 spiro atoms. The molecule has 0 saturated carbocycles. The molecule has 3 aromatic heterocycles. The second-order valence-electron chi connectivity index (χ2n) is 17.1. The molecule has 0 bridgehead atoms. The number of fused-ring (bicyclic) bond motifs is 2. The molecule has 0 fully saturated rings. The molecule has 0 unspecified atom stereocenters. The first-order chi connectivity index (χ1) is 28.5. The summed E-state index contributed by atoms with van der Waals surface area (Å²) in [5, 5.41) is 2.18. The van der Waals surface area contributed by atoms with Crippen LogP contribution in [0.4, 0.5) is 0 Å². The molecule has 58 heavy (non-hydrogen) atoms. The van der Waals surface area contributed by atoms with E-state index in [0.29, 0.717) is 28.3 Å². The van der Waals surface area contributed by atoms with Gasteiger partial charge in [-0.1, -0.05) is 150 Å². The Kier molecular flexibility index (Phi) is 12.0. The quantitative estimate of drug-likeness (QED) is 0.107. The summed E-state index contributed by atoms with van der Waals surface area (Å²) in [5.74, 6) is 1.81. The number of aromatic nitrogens is 3. The van der Waals surface area contributed by atoms with Gasteiger partial charge in [-0.05, 0) is 88.4 Å². The van der Waals surface area contributed by atoms with Gasteiger partial charge in [-0.2, -0.15) is 0 Å². The van der Waals surface area contributed by atoms with Crippen molar-refractivity contribution in [2.24, 2.45) is 5.92 Å². The number of hydrogen-bond acceptors (Lipinski definition) is 3. The van der Waals surface area contributed by atoms with Crippen LogP contribution in [0.15, 0.2) is 126 Å². The van der Waals surface area contributed by atoms with Gasteiger partial charge in [0.1, 0.15) is 0 Å². The summed E-state index contributed by atoms with van der Waals surface area (Å²) in [6.07, 6.45) is 6.31. The molecule has 0 saturated heterocycles. The van der Waals surface area contributed by atoms with E-state index < -0.39 is 14.9 Å². The summed E-state index contributed by atoms with van der Waals surface area (Å²) < 4.78 is 31.9. The molecular weight excluding hydrogens is 903 g/mol. The molecule has 0 amide bonds. The van der Waals surface area contributed by atoms with Crippen molar-refractivity contribution in [3.8, 4) is 39.5 Å². The van der Waals surface area contributed by atoms with Gasteiger partial charge in [0.2, 0.25) is 0 Å². The molecule has 1 radical (unpaired) electrons. The molecule has 3 heterocycles. The van der Waals surface area contributed by atoms with Gasteiger partial charge in [0.05, 0.1) is 24.9 Å². The molecule has 6 heteroatoms. The topological polar surface area (TPSA) is 43.9 Å². The molecule has 4 nitrogen and oxygen atoms in total. The standard InChI is InChI=1S/C34H31N2O.C18H24NSi.Ir/c1-21(2)26-18-25(24-11-7-6-8-12-24)19-27(22(3)4)33(26)36-31-14-10-9-13-30(31)35-34(36)29-20-37-32-16-15-23(5)17-28(29)32;1-14(2)11-16-12-17(15-9-7-6-8-10-15)19-13-18(16)20(3,4)5;/h6-19,21-22H,1-5H3;6-9,12-14H,11H2,1-5H3;/q2*-1;/i5D3;;. The molecule has 0 aliphatic carbocycles. The predicted octanol–water partition coefficient (Wildman–Crippen LogP) is 13.8. The summed E-state index contributed by atoms with van der Waals surface area (Å²) in [6.45, 7) is 18.4. The maximum absolute atomic E-state index is 7.95. The molecule has 299 valence electrons. The number of nitrogens with zero attached hydrogens (tertiary/aromatic N) is 3. The van der Waals surface area contributed by atoms with Crippen LogP contribution in [0.2, 0.25) is 19.6 Å². The van der Waals surface area contributed by atoms with E-state index in [2.05, 4.69) is 144 Å². The Morgan fingerprint density at radius 3 is 2.10 bits per heavy atom. The summed E-state index contributed by atoms with van der Waals surface area (Å²) >= 11 is 0. The zero-order valence-electron chi connectivity index (χ0n) is 38.1. The molecule has 0 aliphatic rings. The van der Waals surface area contributed by atoms with E-state index in [0.717, 1.165) is 34.4 Å². The van der Waals surface area contributed by atoms with Crippen molar-refractivity contribution >= 4 is 35.3 Å². The number of pyridine rings is 1. The third-order valence-corrected chi connectivity index (χ3v) is 12.5. The van der Waals surface area contributed by atoms with Gasteiger partial charge < -0.3 is 14.0 Å². The smallest absolute Gasteiger partial charge is 0.0798 e. The van der Waals surface area contributed by atoms with Gasteiger partial charge >= 0.3 is 0 Å². The Hall–Kier alpha value is -4.87. The van der Waals surface area contributed by atoms with E-state index in [1.165, 1.54) is 33.0 Å². The Labute approximate surface area is 364 Å². The van der Waals surface area contributed by atoms with E-state index in [1.54, 1.807) is 18.2 Å². The van der Waals surface area contributed by atoms with Gasteiger partial charge in [0.15, 0.2) is 0 Å². The SMILES string of the molecule is CC(C)Cc1cc(-c2[c-]cccc2)ncc1[Si](C)(C)C.[2H]C([2H])([2H])c1ccc2o[c-]c(-c3nc4ccccc4n3-c3c(C(C)C)cc(-c4ccccc4)cc3C(C)C)c2c1.[Ir]. The van der Waals surface area contributed by atoms with E-state index in [9.17, 15) is 0 Å². The number of para-hydroxylation sites is 2. The van der Waals surface area contributed by atoms with E-state index in [-0.39, 0.29) is 37.5 Å². The summed E-state index contributed by atoms with van der Waals surface area (Å²) in [6, 6.07) is 41.8. The average molecular weight is 961 g/mol. The number of hydrogen-bond donors (Lipinski definition) is 0. The van der Waals surface area contributed by atoms with Crippen LogP contribution in [0.5, 0.6) is 0 Å². The van der Waals surface area contributed by atoms with Crippen molar-refractivity contribution in [3.63, 3.8) is 0 Å². The average Bonchev–Trinajstić information content (AvgIpc) is 3.81. The first-order valence-corrected chi connectivity index (χ1v) is 23.6. The fourth-order valence-electron chi connectivity index (χ4n) is 7.66. The van der Waals surface area contributed by atoms with E-state index in [4.69, 9.17) is 13.5 Å². The number of benzene rings is 5. The van der Waals surface area contributed by atoms with Gasteiger partial charge in [-0.3, -0.25) is 4.98 Å². The zero-order valence-corrected chi connectivity index (χ0v) is 38.5. The van der Waals surface area contributed by atoms with Crippen LogP contribution >= 0.6 is 0 Å². The Morgan fingerprint density at radius 1 is 0.776 bits per heavy atom. The van der Waals surface area contributed by atoms with Gasteiger partial charge in [0.25, 0.3) is 0 Å². The maximum Gasteiger partial charge on any atom is 0.0798 e. The molecule has 8 aromatic rings. The molecule has 0 N–H and O–H groups in total. The second kappa shape index (κ2) is 17.9. The number of furan rings is 1. The predicted molar refractivity (Wildman–Crippen MR) is 243 cm³/mol. The fraction of sp³-hybridized carbons (Fsp3) is 0.269. The first kappa shape index (κ1) is 38.6.